The zero-order valence-electron chi connectivity index (χ0n) is 9.73. The lowest BCUT2D eigenvalue weighted by Gasteiger charge is -2.09. The Morgan fingerprint density at radius 1 is 1.47 bits per heavy atom. The number of carbonyl (C=O) groups is 2. The van der Waals surface area contributed by atoms with Gasteiger partial charge in [0.25, 0.3) is 0 Å². The molecule has 1 rings (SSSR count). The standard InChI is InChI=1S/C11H15NO4S/c1-7(11(15)16-2)12-6-9-4-3-8(17-9)5-10(13)14/h3-4,7,12H,5-6H2,1-2H3,(H,13,14)/t7-/m0/s1. The van der Waals surface area contributed by atoms with Gasteiger partial charge in [-0.3, -0.25) is 14.9 Å². The molecule has 5 nitrogen and oxygen atoms in total. The number of rotatable bonds is 6. The van der Waals surface area contributed by atoms with Crippen LogP contribution in [0.25, 0.3) is 0 Å². The van der Waals surface area contributed by atoms with Crippen molar-refractivity contribution >= 4 is 23.3 Å². The lowest BCUT2D eigenvalue weighted by molar-refractivity contribution is -0.142. The van der Waals surface area contributed by atoms with Crippen molar-refractivity contribution in [2.24, 2.45) is 0 Å². The summed E-state index contributed by atoms with van der Waals surface area (Å²) < 4.78 is 4.58. The number of nitrogens with one attached hydrogen (secondary N) is 1. The summed E-state index contributed by atoms with van der Waals surface area (Å²) in [5.74, 6) is -1.15. The molecule has 0 aliphatic carbocycles. The van der Waals surface area contributed by atoms with Crippen LogP contribution in [-0.2, 0) is 27.3 Å². The van der Waals surface area contributed by atoms with Gasteiger partial charge >= 0.3 is 11.9 Å². The summed E-state index contributed by atoms with van der Waals surface area (Å²) in [6.07, 6.45) is 0.0389. The first-order valence-corrected chi connectivity index (χ1v) is 5.95. The Morgan fingerprint density at radius 2 is 2.12 bits per heavy atom. The molecule has 0 saturated heterocycles. The van der Waals surface area contributed by atoms with Crippen LogP contribution in [0.1, 0.15) is 16.7 Å². The Morgan fingerprint density at radius 3 is 2.71 bits per heavy atom. The van der Waals surface area contributed by atoms with Crippen molar-refractivity contribution in [3.05, 3.63) is 21.9 Å². The number of thiophene rings is 1. The molecule has 1 aromatic rings. The lowest BCUT2D eigenvalue weighted by Crippen LogP contribution is -2.34. The number of hydrogen-bond acceptors (Lipinski definition) is 5. The van der Waals surface area contributed by atoms with Crippen molar-refractivity contribution in [2.75, 3.05) is 7.11 Å². The maximum absolute atomic E-state index is 11.1. The average molecular weight is 257 g/mol. The molecule has 0 fully saturated rings. The van der Waals surface area contributed by atoms with E-state index in [0.717, 1.165) is 9.75 Å². The molecule has 1 atom stereocenters. The Hall–Kier alpha value is -1.40. The van der Waals surface area contributed by atoms with Crippen LogP contribution in [0.15, 0.2) is 12.1 Å². The highest BCUT2D eigenvalue weighted by atomic mass is 32.1. The van der Waals surface area contributed by atoms with E-state index >= 15 is 0 Å². The van der Waals surface area contributed by atoms with E-state index in [4.69, 9.17) is 5.11 Å². The first-order chi connectivity index (χ1) is 8.02. The normalized spacial score (nSPS) is 12.1. The van der Waals surface area contributed by atoms with Gasteiger partial charge in [0, 0.05) is 16.3 Å². The monoisotopic (exact) mass is 257 g/mol. The SMILES string of the molecule is COC(=O)[C@H](C)NCc1ccc(CC(=O)O)s1. The van der Waals surface area contributed by atoms with E-state index in [1.54, 1.807) is 13.0 Å². The summed E-state index contributed by atoms with van der Waals surface area (Å²) in [6, 6.07) is 3.28. The third-order valence-electron chi connectivity index (χ3n) is 2.18. The second-order valence-electron chi connectivity index (χ2n) is 3.56. The summed E-state index contributed by atoms with van der Waals surface area (Å²) in [7, 11) is 1.34. The van der Waals surface area contributed by atoms with Gasteiger partial charge in [-0.25, -0.2) is 0 Å². The van der Waals surface area contributed by atoms with Crippen LogP contribution < -0.4 is 5.32 Å². The van der Waals surface area contributed by atoms with E-state index in [1.807, 2.05) is 6.07 Å². The molecule has 0 aliphatic heterocycles. The van der Waals surface area contributed by atoms with Crippen LogP contribution in [0.2, 0.25) is 0 Å². The first-order valence-electron chi connectivity index (χ1n) is 5.13. The fourth-order valence-electron chi connectivity index (χ4n) is 1.28. The molecule has 0 aromatic carbocycles. The molecule has 94 valence electrons. The number of carbonyl (C=O) groups excluding carboxylic acids is 1. The van der Waals surface area contributed by atoms with Gasteiger partial charge < -0.3 is 9.84 Å². The van der Waals surface area contributed by atoms with E-state index in [-0.39, 0.29) is 18.4 Å². The minimum absolute atomic E-state index is 0.0389. The van der Waals surface area contributed by atoms with Gasteiger partial charge in [0.15, 0.2) is 0 Å². The molecule has 1 aromatic heterocycles. The van der Waals surface area contributed by atoms with Gasteiger partial charge in [0.05, 0.1) is 13.5 Å². The zero-order valence-corrected chi connectivity index (χ0v) is 10.5. The Labute approximate surface area is 103 Å². The van der Waals surface area contributed by atoms with E-state index in [2.05, 4.69) is 10.1 Å². The van der Waals surface area contributed by atoms with E-state index in [9.17, 15) is 9.59 Å². The van der Waals surface area contributed by atoms with Crippen LogP contribution in [-0.4, -0.2) is 30.2 Å². The van der Waals surface area contributed by atoms with Crippen molar-refractivity contribution < 1.29 is 19.4 Å². The quantitative estimate of drug-likeness (QED) is 0.744. The zero-order chi connectivity index (χ0) is 12.8. The molecule has 0 amide bonds. The summed E-state index contributed by atoms with van der Waals surface area (Å²) in [5, 5.41) is 11.6. The Kier molecular flexibility index (Phi) is 5.11. The van der Waals surface area contributed by atoms with Crippen molar-refractivity contribution in [3.8, 4) is 0 Å². The van der Waals surface area contributed by atoms with Crippen LogP contribution in [0.4, 0.5) is 0 Å². The minimum Gasteiger partial charge on any atom is -0.481 e. The fourth-order valence-corrected chi connectivity index (χ4v) is 2.24. The summed E-state index contributed by atoms with van der Waals surface area (Å²) in [6.45, 7) is 2.25. The molecule has 0 spiro atoms. The van der Waals surface area contributed by atoms with E-state index in [1.165, 1.54) is 18.4 Å². The fraction of sp³-hybridized carbons (Fsp3) is 0.455. The molecule has 1 heterocycles. The molecule has 6 heteroatoms. The number of aliphatic carboxylic acids is 1. The highest BCUT2D eigenvalue weighted by molar-refractivity contribution is 7.12. The number of carboxylic acids is 1. The summed E-state index contributed by atoms with van der Waals surface area (Å²) in [4.78, 5) is 23.4. The molecule has 2 N–H and O–H groups in total. The lowest BCUT2D eigenvalue weighted by atomic mass is 10.3. The second-order valence-corrected chi connectivity index (χ2v) is 4.82. The Balaban J connectivity index is 2.44. The third-order valence-corrected chi connectivity index (χ3v) is 3.27. The van der Waals surface area contributed by atoms with Crippen LogP contribution in [0.3, 0.4) is 0 Å². The highest BCUT2D eigenvalue weighted by Gasteiger charge is 2.12. The van der Waals surface area contributed by atoms with Crippen molar-refractivity contribution in [1.29, 1.82) is 0 Å². The molecule has 17 heavy (non-hydrogen) atoms. The van der Waals surface area contributed by atoms with Gasteiger partial charge in [0.1, 0.15) is 6.04 Å². The van der Waals surface area contributed by atoms with Gasteiger partial charge in [-0.1, -0.05) is 0 Å². The van der Waals surface area contributed by atoms with Crippen molar-refractivity contribution in [1.82, 2.24) is 5.32 Å². The van der Waals surface area contributed by atoms with Gasteiger partial charge in [0.2, 0.25) is 0 Å². The van der Waals surface area contributed by atoms with Gasteiger partial charge in [-0.15, -0.1) is 11.3 Å². The van der Waals surface area contributed by atoms with Crippen LogP contribution in [0.5, 0.6) is 0 Å². The molecule has 0 radical (unpaired) electrons. The third kappa shape index (κ3) is 4.54. The number of ether oxygens (including phenoxy) is 1. The highest BCUT2D eigenvalue weighted by Crippen LogP contribution is 2.17. The number of esters is 1. The Bertz CT molecular complexity index is 402. The predicted octanol–water partition coefficient (Wildman–Crippen LogP) is 1.03. The topological polar surface area (TPSA) is 75.6 Å². The van der Waals surface area contributed by atoms with Gasteiger partial charge in [-0.05, 0) is 19.1 Å². The van der Waals surface area contributed by atoms with Crippen molar-refractivity contribution in [2.45, 2.75) is 25.9 Å². The maximum atomic E-state index is 11.1. The van der Waals surface area contributed by atoms with Crippen LogP contribution in [0, 0.1) is 0 Å². The minimum atomic E-state index is -0.839. The number of carboxylic acid groups (broad SMARTS) is 1. The maximum Gasteiger partial charge on any atom is 0.322 e. The summed E-state index contributed by atoms with van der Waals surface area (Å²) in [5.41, 5.74) is 0. The van der Waals surface area contributed by atoms with Gasteiger partial charge in [-0.2, -0.15) is 0 Å². The molecular weight excluding hydrogens is 242 g/mol. The summed E-state index contributed by atoms with van der Waals surface area (Å²) >= 11 is 1.43. The molecule has 0 bridgehead atoms. The second kappa shape index (κ2) is 6.36. The average Bonchev–Trinajstić information content (AvgIpc) is 2.71. The number of hydrogen-bond donors (Lipinski definition) is 2. The first kappa shape index (κ1) is 13.7. The smallest absolute Gasteiger partial charge is 0.322 e. The van der Waals surface area contributed by atoms with E-state index < -0.39 is 5.97 Å². The largest absolute Gasteiger partial charge is 0.481 e. The molecular formula is C11H15NO4S. The van der Waals surface area contributed by atoms with E-state index in [0.29, 0.717) is 6.54 Å². The predicted molar refractivity (Wildman–Crippen MR) is 64.0 cm³/mol. The molecule has 0 saturated carbocycles. The molecule has 0 aliphatic rings. The van der Waals surface area contributed by atoms with Crippen molar-refractivity contribution in [3.63, 3.8) is 0 Å². The number of methoxy groups -OCH3 is 1. The van der Waals surface area contributed by atoms with Crippen LogP contribution >= 0.6 is 11.3 Å². The molecule has 0 unspecified atom stereocenters.